The Bertz CT molecular complexity index is 1360. The van der Waals surface area contributed by atoms with E-state index in [-0.39, 0.29) is 11.1 Å². The predicted molar refractivity (Wildman–Crippen MR) is 132 cm³/mol. The molecule has 3 aromatic rings. The zero-order valence-corrected chi connectivity index (χ0v) is 20.4. The van der Waals surface area contributed by atoms with Gasteiger partial charge in [0, 0.05) is 37.3 Å². The van der Waals surface area contributed by atoms with Crippen LogP contribution in [0.15, 0.2) is 42.7 Å². The summed E-state index contributed by atoms with van der Waals surface area (Å²) in [5.74, 6) is -0.131. The van der Waals surface area contributed by atoms with Gasteiger partial charge in [-0.25, -0.2) is 23.1 Å². The second-order valence-corrected chi connectivity index (χ2v) is 8.88. The molecule has 1 atom stereocenters. The van der Waals surface area contributed by atoms with Crippen molar-refractivity contribution < 1.29 is 18.0 Å². The van der Waals surface area contributed by atoms with Crippen LogP contribution in [0.2, 0.25) is 0 Å². The maximum Gasteiger partial charge on any atom is 0.266 e. The molecule has 1 aromatic carbocycles. The number of aromatic nitrogens is 3. The van der Waals surface area contributed by atoms with Crippen molar-refractivity contribution in [2.75, 3.05) is 12.4 Å². The van der Waals surface area contributed by atoms with E-state index in [0.29, 0.717) is 34.9 Å². The topological polar surface area (TPSA) is 71.0 Å². The third-order valence-electron chi connectivity index (χ3n) is 6.64. The fourth-order valence-electron chi connectivity index (χ4n) is 4.55. The minimum Gasteiger partial charge on any atom is -0.370 e. The van der Waals surface area contributed by atoms with Crippen molar-refractivity contribution in [3.63, 3.8) is 0 Å². The number of carbonyl (C=O) groups is 1. The van der Waals surface area contributed by atoms with E-state index >= 15 is 0 Å². The van der Waals surface area contributed by atoms with E-state index in [0.717, 1.165) is 24.5 Å². The molecule has 188 valence electrons. The van der Waals surface area contributed by atoms with Gasteiger partial charge in [-0.05, 0) is 43.9 Å². The molecule has 1 saturated carbocycles. The van der Waals surface area contributed by atoms with Crippen molar-refractivity contribution in [1.29, 1.82) is 0 Å². The number of hydrogen-bond donors (Lipinski definition) is 1. The van der Waals surface area contributed by atoms with Gasteiger partial charge < -0.3 is 10.2 Å². The Balaban J connectivity index is 1.82. The lowest BCUT2D eigenvalue weighted by Gasteiger charge is -2.27. The van der Waals surface area contributed by atoms with Crippen LogP contribution in [0.3, 0.4) is 0 Å². The summed E-state index contributed by atoms with van der Waals surface area (Å²) < 4.78 is 41.6. The van der Waals surface area contributed by atoms with Gasteiger partial charge in [0.15, 0.2) is 0 Å². The Morgan fingerprint density at radius 2 is 1.83 bits per heavy atom. The molecule has 0 spiro atoms. The molecule has 1 N–H and O–H groups in total. The van der Waals surface area contributed by atoms with E-state index in [1.54, 1.807) is 19.3 Å². The minimum absolute atomic E-state index is 0.127. The first-order valence-electron chi connectivity index (χ1n) is 11.8. The van der Waals surface area contributed by atoms with Gasteiger partial charge in [-0.3, -0.25) is 9.78 Å². The zero-order chi connectivity index (χ0) is 25.9. The van der Waals surface area contributed by atoms with E-state index < -0.39 is 23.8 Å². The Morgan fingerprint density at radius 1 is 1.14 bits per heavy atom. The highest BCUT2D eigenvalue weighted by atomic mass is 19.3. The number of aldehydes is 1. The summed E-state index contributed by atoms with van der Waals surface area (Å²) in [6.45, 7) is 3.52. The third kappa shape index (κ3) is 4.96. The average Bonchev–Trinajstić information content (AvgIpc) is 3.67. The van der Waals surface area contributed by atoms with Gasteiger partial charge in [0.25, 0.3) is 6.43 Å². The van der Waals surface area contributed by atoms with Gasteiger partial charge in [-0.15, -0.1) is 0 Å². The molecular formula is C27H28F3N5O. The number of aryl methyl sites for hydroxylation is 1. The van der Waals surface area contributed by atoms with E-state index in [9.17, 15) is 18.0 Å². The molecule has 9 heteroatoms. The second kappa shape index (κ2) is 10.5. The van der Waals surface area contributed by atoms with E-state index in [1.165, 1.54) is 18.2 Å². The summed E-state index contributed by atoms with van der Waals surface area (Å²) in [7, 11) is 1.95. The number of halogens is 3. The molecule has 0 amide bonds. The lowest BCUT2D eigenvalue weighted by molar-refractivity contribution is -0.103. The molecule has 1 unspecified atom stereocenters. The van der Waals surface area contributed by atoms with E-state index in [2.05, 4.69) is 25.2 Å². The maximum atomic E-state index is 15.0. The quantitative estimate of drug-likeness (QED) is 0.450. The van der Waals surface area contributed by atoms with Crippen molar-refractivity contribution in [3.05, 3.63) is 81.6 Å². The van der Waals surface area contributed by atoms with Crippen molar-refractivity contribution in [3.8, 4) is 0 Å². The molecular weight excluding hydrogens is 467 g/mol. The van der Waals surface area contributed by atoms with Crippen molar-refractivity contribution >= 4 is 24.4 Å². The summed E-state index contributed by atoms with van der Waals surface area (Å²) in [5.41, 5.74) is 0.395. The van der Waals surface area contributed by atoms with Crippen LogP contribution in [0.1, 0.15) is 61.2 Å². The third-order valence-corrected chi connectivity index (χ3v) is 6.64. The molecule has 0 radical (unpaired) electrons. The number of nitrogens with one attached hydrogen (secondary N) is 1. The molecule has 1 aliphatic rings. The van der Waals surface area contributed by atoms with Crippen LogP contribution in [-0.4, -0.2) is 33.2 Å². The fourth-order valence-corrected chi connectivity index (χ4v) is 4.55. The number of alkyl halides is 2. The monoisotopic (exact) mass is 495 g/mol. The first kappa shape index (κ1) is 25.3. The zero-order valence-electron chi connectivity index (χ0n) is 20.4. The highest BCUT2D eigenvalue weighted by Crippen LogP contribution is 2.50. The maximum absolute atomic E-state index is 15.0. The van der Waals surface area contributed by atoms with Gasteiger partial charge in [0.1, 0.15) is 23.7 Å². The number of rotatable bonds is 9. The number of carbonyl (C=O) groups excluding carboxylic acids is 1. The normalized spacial score (nSPS) is 16.2. The Morgan fingerprint density at radius 3 is 2.44 bits per heavy atom. The first-order chi connectivity index (χ1) is 17.3. The number of hydrogen-bond acceptors (Lipinski definition) is 6. The summed E-state index contributed by atoms with van der Waals surface area (Å²) in [5, 5.41) is 4.20. The van der Waals surface area contributed by atoms with Crippen LogP contribution < -0.4 is 15.9 Å². The first-order valence-corrected chi connectivity index (χ1v) is 11.8. The Hall–Kier alpha value is -3.75. The summed E-state index contributed by atoms with van der Waals surface area (Å²) in [6.07, 6.45) is 6.77. The van der Waals surface area contributed by atoms with Crippen LogP contribution in [0, 0.1) is 12.7 Å². The smallest absolute Gasteiger partial charge is 0.266 e. The molecule has 2 heterocycles. The van der Waals surface area contributed by atoms with Gasteiger partial charge in [0.05, 0.1) is 27.7 Å². The van der Waals surface area contributed by atoms with Crippen LogP contribution in [0.4, 0.5) is 19.0 Å². The fraction of sp³-hybridized carbons (Fsp3) is 0.333. The second-order valence-electron chi connectivity index (χ2n) is 8.88. The average molecular weight is 496 g/mol. The van der Waals surface area contributed by atoms with Crippen LogP contribution >= 0.6 is 0 Å². The lowest BCUT2D eigenvalue weighted by Crippen LogP contribution is -2.38. The number of anilines is 1. The lowest BCUT2D eigenvalue weighted by atomic mass is 10.0. The molecule has 1 fully saturated rings. The van der Waals surface area contributed by atoms with E-state index in [4.69, 9.17) is 0 Å². The van der Waals surface area contributed by atoms with Crippen molar-refractivity contribution in [2.45, 2.75) is 51.1 Å². The van der Waals surface area contributed by atoms with Crippen LogP contribution in [0.5, 0.6) is 0 Å². The predicted octanol–water partition coefficient (Wildman–Crippen LogP) is 4.16. The van der Waals surface area contributed by atoms with Gasteiger partial charge >= 0.3 is 0 Å². The summed E-state index contributed by atoms with van der Waals surface area (Å²) >= 11 is 0. The highest BCUT2D eigenvalue weighted by molar-refractivity contribution is 5.86. The number of pyridine rings is 1. The molecule has 0 aliphatic heterocycles. The largest absolute Gasteiger partial charge is 0.370 e. The molecule has 0 bridgehead atoms. The van der Waals surface area contributed by atoms with Gasteiger partial charge in [-0.1, -0.05) is 25.1 Å². The molecule has 1 aliphatic carbocycles. The molecule has 36 heavy (non-hydrogen) atoms. The summed E-state index contributed by atoms with van der Waals surface area (Å²) in [6, 6.07) is 7.33. The van der Waals surface area contributed by atoms with Gasteiger partial charge in [0.2, 0.25) is 0 Å². The Labute approximate surface area is 207 Å². The van der Waals surface area contributed by atoms with Gasteiger partial charge in [-0.2, -0.15) is 0 Å². The van der Waals surface area contributed by atoms with Crippen molar-refractivity contribution in [1.82, 2.24) is 19.9 Å². The van der Waals surface area contributed by atoms with Crippen molar-refractivity contribution in [2.24, 2.45) is 0 Å². The SMILES string of the molecule is CCC(Nc1nc(C)nc(=C/C=O)/c1=C\N(C)C1(c2ccncc2)CC1)c1cccc(C(F)F)c1F. The summed E-state index contributed by atoms with van der Waals surface area (Å²) in [4.78, 5) is 26.6. The minimum atomic E-state index is -2.92. The molecule has 2 aromatic heterocycles. The molecule has 4 rings (SSSR count). The Kier molecular flexibility index (Phi) is 7.37. The van der Waals surface area contributed by atoms with Crippen LogP contribution in [-0.2, 0) is 10.3 Å². The molecule has 0 saturated heterocycles. The standard InChI is InChI=1S/C27H28F3N5O/c1-4-22(19-6-5-7-20(24(19)28)25(29)30)34-26-21(23(10-15-36)32-17(2)33-26)16-35(3)27(11-12-27)18-8-13-31-14-9-18/h5-10,13-16,22,25H,4,11-12H2,1-3H3,(H,32,33,34)/b21-16+,23-10+. The highest BCUT2D eigenvalue weighted by Gasteiger charge is 2.47. The number of nitrogens with zero attached hydrogens (tertiary/aromatic N) is 4. The van der Waals surface area contributed by atoms with E-state index in [1.807, 2.05) is 32.3 Å². The molecule has 6 nitrogen and oxygen atoms in total. The van der Waals surface area contributed by atoms with Crippen LogP contribution in [0.25, 0.3) is 12.3 Å². The number of benzene rings is 1.